The van der Waals surface area contributed by atoms with E-state index < -0.39 is 0 Å². The first-order chi connectivity index (χ1) is 10.1. The molecule has 0 saturated carbocycles. The van der Waals surface area contributed by atoms with E-state index in [1.807, 2.05) is 12.1 Å². The Morgan fingerprint density at radius 1 is 1.43 bits per heavy atom. The second-order valence-electron chi connectivity index (χ2n) is 4.39. The van der Waals surface area contributed by atoms with Gasteiger partial charge < -0.3 is 4.74 Å². The van der Waals surface area contributed by atoms with Gasteiger partial charge in [0.2, 0.25) is 5.13 Å². The molecule has 0 aliphatic carbocycles. The summed E-state index contributed by atoms with van der Waals surface area (Å²) in [5.74, 6) is -0.378. The van der Waals surface area contributed by atoms with Crippen LogP contribution in [0.25, 0.3) is 0 Å². The molecular formula is C15H17N3O2S. The number of hydrogen-bond donors (Lipinski definition) is 1. The molecule has 0 amide bonds. The van der Waals surface area contributed by atoms with Crippen LogP contribution in [0.15, 0.2) is 29.4 Å². The molecule has 0 unspecified atom stereocenters. The predicted molar refractivity (Wildman–Crippen MR) is 85.2 cm³/mol. The van der Waals surface area contributed by atoms with Crippen LogP contribution in [-0.4, -0.2) is 24.3 Å². The molecule has 0 spiro atoms. The van der Waals surface area contributed by atoms with Crippen molar-refractivity contribution in [3.05, 3.63) is 46.0 Å². The summed E-state index contributed by atoms with van der Waals surface area (Å²) in [6, 6.07) is 8.17. The van der Waals surface area contributed by atoms with Crippen molar-refractivity contribution >= 4 is 28.7 Å². The lowest BCUT2D eigenvalue weighted by molar-refractivity contribution is 0.0605. The first-order valence-electron chi connectivity index (χ1n) is 6.57. The summed E-state index contributed by atoms with van der Waals surface area (Å²) in [6.45, 7) is 3.88. The second kappa shape index (κ2) is 6.99. The van der Waals surface area contributed by atoms with Gasteiger partial charge in [-0.15, -0.1) is 0 Å². The Morgan fingerprint density at radius 2 is 2.14 bits per heavy atom. The molecule has 0 bridgehead atoms. The number of nitrogens with zero attached hydrogens (tertiary/aromatic N) is 2. The zero-order valence-corrected chi connectivity index (χ0v) is 13.0. The topological polar surface area (TPSA) is 63.6 Å². The number of aromatic nitrogens is 1. The van der Waals surface area contributed by atoms with Gasteiger partial charge in [0, 0.05) is 0 Å². The summed E-state index contributed by atoms with van der Waals surface area (Å²) in [5, 5.41) is 4.69. The molecule has 0 atom stereocenters. The Hall–Kier alpha value is -2.21. The summed E-state index contributed by atoms with van der Waals surface area (Å²) in [6.07, 6.45) is 2.73. The smallest absolute Gasteiger partial charge is 0.350 e. The molecule has 0 fully saturated rings. The average Bonchev–Trinajstić information content (AvgIpc) is 2.88. The molecule has 0 saturated heterocycles. The van der Waals surface area contributed by atoms with Gasteiger partial charge in [-0.3, -0.25) is 5.43 Å². The average molecular weight is 303 g/mol. The van der Waals surface area contributed by atoms with E-state index >= 15 is 0 Å². The minimum absolute atomic E-state index is 0.378. The second-order valence-corrected chi connectivity index (χ2v) is 5.39. The number of anilines is 1. The number of methoxy groups -OCH3 is 1. The van der Waals surface area contributed by atoms with Crippen molar-refractivity contribution in [2.24, 2.45) is 5.10 Å². The molecule has 0 radical (unpaired) electrons. The van der Waals surface area contributed by atoms with E-state index in [2.05, 4.69) is 34.6 Å². The van der Waals surface area contributed by atoms with E-state index in [1.54, 1.807) is 13.1 Å². The van der Waals surface area contributed by atoms with Crippen LogP contribution in [0.5, 0.6) is 0 Å². The summed E-state index contributed by atoms with van der Waals surface area (Å²) >= 11 is 1.22. The van der Waals surface area contributed by atoms with Crippen LogP contribution in [0.3, 0.4) is 0 Å². The number of aryl methyl sites for hydroxylation is 2. The van der Waals surface area contributed by atoms with E-state index in [0.717, 1.165) is 12.0 Å². The molecule has 1 aromatic carbocycles. The highest BCUT2D eigenvalue weighted by Gasteiger charge is 2.15. The third kappa shape index (κ3) is 3.88. The number of thiazole rings is 1. The Balaban J connectivity index is 2.02. The number of rotatable bonds is 5. The number of hydrazone groups is 1. The maximum Gasteiger partial charge on any atom is 0.350 e. The molecule has 0 aliphatic heterocycles. The zero-order chi connectivity index (χ0) is 15.2. The molecule has 1 N–H and O–H groups in total. The van der Waals surface area contributed by atoms with Crippen molar-refractivity contribution in [2.75, 3.05) is 12.5 Å². The van der Waals surface area contributed by atoms with Gasteiger partial charge in [0.15, 0.2) is 0 Å². The van der Waals surface area contributed by atoms with Crippen molar-refractivity contribution < 1.29 is 9.53 Å². The van der Waals surface area contributed by atoms with E-state index in [-0.39, 0.29) is 5.97 Å². The molecule has 2 aromatic rings. The van der Waals surface area contributed by atoms with Crippen molar-refractivity contribution in [2.45, 2.75) is 20.3 Å². The minimum atomic E-state index is -0.378. The molecule has 2 rings (SSSR count). The van der Waals surface area contributed by atoms with E-state index in [9.17, 15) is 4.79 Å². The minimum Gasteiger partial charge on any atom is -0.465 e. The summed E-state index contributed by atoms with van der Waals surface area (Å²) in [4.78, 5) is 16.2. The summed E-state index contributed by atoms with van der Waals surface area (Å²) in [5.41, 5.74) is 5.76. The van der Waals surface area contributed by atoms with Crippen LogP contribution in [0.2, 0.25) is 0 Å². The van der Waals surface area contributed by atoms with E-state index in [0.29, 0.717) is 15.7 Å². The number of hydrogen-bond acceptors (Lipinski definition) is 6. The maximum atomic E-state index is 11.5. The first kappa shape index (κ1) is 15.2. The highest BCUT2D eigenvalue weighted by atomic mass is 32.1. The molecule has 1 aromatic heterocycles. The van der Waals surface area contributed by atoms with E-state index in [1.165, 1.54) is 24.0 Å². The zero-order valence-electron chi connectivity index (χ0n) is 12.2. The van der Waals surface area contributed by atoms with Gasteiger partial charge >= 0.3 is 5.97 Å². The van der Waals surface area contributed by atoms with Crippen LogP contribution in [0.1, 0.15) is 33.4 Å². The van der Waals surface area contributed by atoms with Gasteiger partial charge in [-0.25, -0.2) is 9.78 Å². The van der Waals surface area contributed by atoms with Crippen molar-refractivity contribution in [1.82, 2.24) is 4.98 Å². The highest BCUT2D eigenvalue weighted by Crippen LogP contribution is 2.23. The first-order valence-corrected chi connectivity index (χ1v) is 7.39. The number of benzene rings is 1. The molecule has 21 heavy (non-hydrogen) atoms. The van der Waals surface area contributed by atoms with Crippen LogP contribution in [-0.2, 0) is 11.2 Å². The van der Waals surface area contributed by atoms with Gasteiger partial charge in [0.1, 0.15) is 4.88 Å². The van der Waals surface area contributed by atoms with Crippen LogP contribution in [0.4, 0.5) is 5.13 Å². The Labute approximate surface area is 127 Å². The van der Waals surface area contributed by atoms with Gasteiger partial charge in [0.05, 0.1) is 19.0 Å². The maximum absolute atomic E-state index is 11.5. The van der Waals surface area contributed by atoms with Crippen molar-refractivity contribution in [1.29, 1.82) is 0 Å². The van der Waals surface area contributed by atoms with Gasteiger partial charge in [-0.05, 0) is 24.5 Å². The third-order valence-corrected chi connectivity index (χ3v) is 3.97. The van der Waals surface area contributed by atoms with E-state index in [4.69, 9.17) is 4.74 Å². The fourth-order valence-corrected chi connectivity index (χ4v) is 2.56. The lowest BCUT2D eigenvalue weighted by Crippen LogP contribution is -1.99. The number of esters is 1. The lowest BCUT2D eigenvalue weighted by Gasteiger charge is -1.97. The Bertz CT molecular complexity index is 647. The van der Waals surface area contributed by atoms with Crippen LogP contribution < -0.4 is 5.43 Å². The van der Waals surface area contributed by atoms with Crippen LogP contribution >= 0.6 is 11.3 Å². The molecular weight excluding hydrogens is 286 g/mol. The normalized spacial score (nSPS) is 10.8. The standard InChI is InChI=1S/C15H17N3O2S/c1-4-11-5-7-12(8-6-11)9-16-18-15-17-10(2)13(21-15)14(19)20-3/h5-9H,4H2,1-3H3,(H,17,18)/b16-9+. The molecule has 0 aliphatic rings. The van der Waals surface area contributed by atoms with Crippen molar-refractivity contribution in [3.63, 3.8) is 0 Å². The number of nitrogens with one attached hydrogen (secondary N) is 1. The molecule has 1 heterocycles. The highest BCUT2D eigenvalue weighted by molar-refractivity contribution is 7.17. The fraction of sp³-hybridized carbons (Fsp3) is 0.267. The lowest BCUT2D eigenvalue weighted by atomic mass is 10.1. The van der Waals surface area contributed by atoms with Gasteiger partial charge in [0.25, 0.3) is 0 Å². The quantitative estimate of drug-likeness (QED) is 0.523. The predicted octanol–water partition coefficient (Wildman–Crippen LogP) is 3.25. The Kier molecular flexibility index (Phi) is 5.05. The number of carbonyl (C=O) groups is 1. The SMILES string of the molecule is CCc1ccc(/C=N/Nc2nc(C)c(C(=O)OC)s2)cc1. The fourth-order valence-electron chi connectivity index (χ4n) is 1.73. The summed E-state index contributed by atoms with van der Waals surface area (Å²) < 4.78 is 4.69. The monoisotopic (exact) mass is 303 g/mol. The molecule has 110 valence electrons. The largest absolute Gasteiger partial charge is 0.465 e. The third-order valence-electron chi connectivity index (χ3n) is 2.93. The molecule has 6 heteroatoms. The Morgan fingerprint density at radius 3 is 2.76 bits per heavy atom. The number of ether oxygens (including phenoxy) is 1. The number of carbonyl (C=O) groups excluding carboxylic acids is 1. The summed E-state index contributed by atoms with van der Waals surface area (Å²) in [7, 11) is 1.35. The van der Waals surface area contributed by atoms with Crippen molar-refractivity contribution in [3.8, 4) is 0 Å². The van der Waals surface area contributed by atoms with Gasteiger partial charge in [-0.2, -0.15) is 5.10 Å². The molecule has 5 nitrogen and oxygen atoms in total. The van der Waals surface area contributed by atoms with Crippen LogP contribution in [0, 0.1) is 6.92 Å². The van der Waals surface area contributed by atoms with Gasteiger partial charge in [-0.1, -0.05) is 42.5 Å².